The second kappa shape index (κ2) is 5.01. The third-order valence-electron chi connectivity index (χ3n) is 4.24. The summed E-state index contributed by atoms with van der Waals surface area (Å²) in [5.74, 6) is 0.263. The van der Waals surface area contributed by atoms with Gasteiger partial charge >= 0.3 is 6.03 Å². The number of pyridine rings is 1. The Kier molecular flexibility index (Phi) is 2.99. The van der Waals surface area contributed by atoms with Crippen molar-refractivity contribution in [3.8, 4) is 0 Å². The van der Waals surface area contributed by atoms with Crippen molar-refractivity contribution in [2.24, 2.45) is 5.92 Å². The second-order valence-electron chi connectivity index (χ2n) is 5.84. The van der Waals surface area contributed by atoms with Crippen LogP contribution in [0.5, 0.6) is 0 Å². The molecule has 1 saturated carbocycles. The Morgan fingerprint density at radius 2 is 2.27 bits per heavy atom. The highest BCUT2D eigenvalue weighted by Gasteiger charge is 2.43. The first-order chi connectivity index (χ1) is 10.7. The molecule has 3 amide bonds. The van der Waals surface area contributed by atoms with Gasteiger partial charge in [0.1, 0.15) is 11.7 Å². The molecule has 3 N–H and O–H groups in total. The van der Waals surface area contributed by atoms with E-state index in [1.165, 1.54) is 0 Å². The maximum absolute atomic E-state index is 12.5. The highest BCUT2D eigenvalue weighted by molar-refractivity contribution is 5.96. The molecule has 2 aromatic heterocycles. The van der Waals surface area contributed by atoms with Crippen LogP contribution in [0.25, 0.3) is 11.0 Å². The van der Waals surface area contributed by atoms with Crippen LogP contribution >= 0.6 is 0 Å². The van der Waals surface area contributed by atoms with Gasteiger partial charge in [0.2, 0.25) is 5.91 Å². The monoisotopic (exact) mass is 299 g/mol. The maximum Gasteiger partial charge on any atom is 0.322 e. The first-order valence-corrected chi connectivity index (χ1v) is 7.51. The quantitative estimate of drug-likeness (QED) is 0.781. The van der Waals surface area contributed by atoms with Crippen molar-refractivity contribution in [1.82, 2.24) is 20.2 Å². The van der Waals surface area contributed by atoms with Gasteiger partial charge in [-0.1, -0.05) is 0 Å². The van der Waals surface area contributed by atoms with E-state index in [1.54, 1.807) is 17.3 Å². The largest absolute Gasteiger partial charge is 0.353 e. The lowest BCUT2D eigenvalue weighted by Crippen LogP contribution is -2.59. The van der Waals surface area contributed by atoms with Crippen molar-refractivity contribution in [2.45, 2.75) is 18.9 Å². The number of hydrogen-bond acceptors (Lipinski definition) is 3. The number of nitrogens with zero attached hydrogens (tertiary/aromatic N) is 2. The Hall–Kier alpha value is -2.57. The minimum absolute atomic E-state index is 0.0388. The molecule has 3 heterocycles. The fourth-order valence-corrected chi connectivity index (χ4v) is 3.00. The second-order valence-corrected chi connectivity index (χ2v) is 5.84. The lowest BCUT2D eigenvalue weighted by molar-refractivity contribution is -0.128. The number of hydrogen-bond donors (Lipinski definition) is 3. The third-order valence-corrected chi connectivity index (χ3v) is 4.24. The molecule has 1 unspecified atom stereocenters. The molecule has 114 valence electrons. The van der Waals surface area contributed by atoms with Crippen molar-refractivity contribution in [2.75, 3.05) is 18.4 Å². The number of carbonyl (C=O) groups is 2. The van der Waals surface area contributed by atoms with Crippen LogP contribution in [0, 0.1) is 5.92 Å². The number of urea groups is 1. The highest BCUT2D eigenvalue weighted by Crippen LogP contribution is 2.36. The van der Waals surface area contributed by atoms with Crippen molar-refractivity contribution >= 4 is 28.7 Å². The zero-order valence-corrected chi connectivity index (χ0v) is 12.0. The number of piperazine rings is 1. The molecule has 2 aromatic rings. The first-order valence-electron chi connectivity index (χ1n) is 7.51. The van der Waals surface area contributed by atoms with Crippen LogP contribution in [0.2, 0.25) is 0 Å². The van der Waals surface area contributed by atoms with Crippen LogP contribution in [0.15, 0.2) is 24.5 Å². The van der Waals surface area contributed by atoms with Crippen molar-refractivity contribution in [3.05, 3.63) is 24.5 Å². The molecule has 22 heavy (non-hydrogen) atoms. The predicted molar refractivity (Wildman–Crippen MR) is 81.3 cm³/mol. The number of rotatable bonds is 2. The van der Waals surface area contributed by atoms with Gasteiger partial charge in [0.05, 0.1) is 11.9 Å². The molecule has 0 spiro atoms. The van der Waals surface area contributed by atoms with Crippen molar-refractivity contribution in [3.63, 3.8) is 0 Å². The fraction of sp³-hybridized carbons (Fsp3) is 0.400. The summed E-state index contributed by atoms with van der Waals surface area (Å²) in [6, 6.07) is 3.20. The zero-order valence-electron chi connectivity index (χ0n) is 12.0. The van der Waals surface area contributed by atoms with Gasteiger partial charge in [0, 0.05) is 24.7 Å². The number of aromatic amines is 1. The van der Waals surface area contributed by atoms with Crippen LogP contribution < -0.4 is 10.6 Å². The van der Waals surface area contributed by atoms with Crippen LogP contribution in [0.4, 0.5) is 10.5 Å². The summed E-state index contributed by atoms with van der Waals surface area (Å²) in [5, 5.41) is 6.64. The molecule has 2 aliphatic rings. The van der Waals surface area contributed by atoms with Crippen LogP contribution in [0.1, 0.15) is 12.8 Å². The molecule has 7 nitrogen and oxygen atoms in total. The molecule has 1 atom stereocenters. The Bertz CT molecular complexity index is 736. The summed E-state index contributed by atoms with van der Waals surface area (Å²) in [7, 11) is 0. The van der Waals surface area contributed by atoms with E-state index in [0.29, 0.717) is 24.7 Å². The van der Waals surface area contributed by atoms with Crippen LogP contribution in [-0.4, -0.2) is 45.9 Å². The Morgan fingerprint density at radius 3 is 3.09 bits per heavy atom. The summed E-state index contributed by atoms with van der Waals surface area (Å²) in [6.45, 7) is 1.04. The molecule has 1 aliphatic carbocycles. The van der Waals surface area contributed by atoms with Gasteiger partial charge in [-0.3, -0.25) is 4.79 Å². The van der Waals surface area contributed by atoms with E-state index >= 15 is 0 Å². The van der Waals surface area contributed by atoms with Gasteiger partial charge in [-0.2, -0.15) is 0 Å². The molecule has 0 aromatic carbocycles. The summed E-state index contributed by atoms with van der Waals surface area (Å²) in [6.07, 6.45) is 5.45. The average molecular weight is 299 g/mol. The summed E-state index contributed by atoms with van der Waals surface area (Å²) >= 11 is 0. The Morgan fingerprint density at radius 1 is 1.41 bits per heavy atom. The number of amides is 3. The summed E-state index contributed by atoms with van der Waals surface area (Å²) in [5.41, 5.74) is 1.42. The molecular formula is C15H17N5O2. The van der Waals surface area contributed by atoms with Crippen LogP contribution in [-0.2, 0) is 4.79 Å². The summed E-state index contributed by atoms with van der Waals surface area (Å²) in [4.78, 5) is 33.5. The molecule has 4 rings (SSSR count). The molecule has 1 saturated heterocycles. The molecule has 2 fully saturated rings. The molecule has 1 aliphatic heterocycles. The minimum Gasteiger partial charge on any atom is -0.353 e. The summed E-state index contributed by atoms with van der Waals surface area (Å²) < 4.78 is 0. The lowest BCUT2D eigenvalue weighted by atomic mass is 10.1. The number of H-pyrrole nitrogens is 1. The van der Waals surface area contributed by atoms with E-state index in [1.807, 2.05) is 12.1 Å². The SMILES string of the molecule is O=C1NCCN(C(=O)Nc2cnc3[nH]ccc3c2)C1C1CC1. The standard InChI is InChI=1S/C15H17N5O2/c21-14-12(9-1-2-9)20(6-5-17-14)15(22)19-11-7-10-3-4-16-13(10)18-8-11/h3-4,7-9,12H,1-2,5-6H2,(H,16,18)(H,17,21)(H,19,22). The van der Waals surface area contributed by atoms with Crippen LogP contribution in [0.3, 0.4) is 0 Å². The van der Waals surface area contributed by atoms with Crippen molar-refractivity contribution in [1.29, 1.82) is 0 Å². The van der Waals surface area contributed by atoms with E-state index in [-0.39, 0.29) is 18.0 Å². The first kappa shape index (κ1) is 13.1. The third kappa shape index (κ3) is 2.28. The number of fused-ring (bicyclic) bond motifs is 1. The van der Waals surface area contributed by atoms with E-state index in [9.17, 15) is 9.59 Å². The van der Waals surface area contributed by atoms with E-state index < -0.39 is 0 Å². The van der Waals surface area contributed by atoms with E-state index in [4.69, 9.17) is 0 Å². The predicted octanol–water partition coefficient (Wildman–Crippen LogP) is 1.31. The minimum atomic E-state index is -0.335. The Balaban J connectivity index is 1.53. The smallest absolute Gasteiger partial charge is 0.322 e. The molecule has 7 heteroatoms. The van der Waals surface area contributed by atoms with Gasteiger partial charge in [-0.15, -0.1) is 0 Å². The molecule has 0 bridgehead atoms. The van der Waals surface area contributed by atoms with E-state index in [2.05, 4.69) is 20.6 Å². The normalized spacial score (nSPS) is 21.7. The number of nitrogens with one attached hydrogen (secondary N) is 3. The highest BCUT2D eigenvalue weighted by atomic mass is 16.2. The average Bonchev–Trinajstić information content (AvgIpc) is 3.24. The maximum atomic E-state index is 12.5. The van der Waals surface area contributed by atoms with Gasteiger partial charge in [0.15, 0.2) is 0 Å². The van der Waals surface area contributed by atoms with Gasteiger partial charge in [-0.25, -0.2) is 9.78 Å². The molecule has 0 radical (unpaired) electrons. The topological polar surface area (TPSA) is 90.1 Å². The molecular weight excluding hydrogens is 282 g/mol. The van der Waals surface area contributed by atoms with Gasteiger partial charge in [0.25, 0.3) is 0 Å². The van der Waals surface area contributed by atoms with Gasteiger partial charge < -0.3 is 20.5 Å². The zero-order chi connectivity index (χ0) is 15.1. The number of carbonyl (C=O) groups excluding carboxylic acids is 2. The Labute approximate surface area is 127 Å². The number of aromatic nitrogens is 2. The van der Waals surface area contributed by atoms with Gasteiger partial charge in [-0.05, 0) is 30.9 Å². The lowest BCUT2D eigenvalue weighted by Gasteiger charge is -2.35. The van der Waals surface area contributed by atoms with E-state index in [0.717, 1.165) is 23.9 Å². The number of anilines is 1. The van der Waals surface area contributed by atoms with Crippen molar-refractivity contribution < 1.29 is 9.59 Å². The fourth-order valence-electron chi connectivity index (χ4n) is 3.00.